The first-order valence-electron chi connectivity index (χ1n) is 40.3. The first-order valence-corrected chi connectivity index (χ1v) is 40.3. The molecule has 11 aromatic carbocycles. The Morgan fingerprint density at radius 1 is 0.233 bits per heavy atom. The summed E-state index contributed by atoms with van der Waals surface area (Å²) in [6.07, 6.45) is -29.2. The lowest BCUT2D eigenvalue weighted by Gasteiger charge is -2.44. The van der Waals surface area contributed by atoms with E-state index in [0.29, 0.717) is 6.07 Å². The summed E-state index contributed by atoms with van der Waals surface area (Å²) in [7, 11) is 0. The number of carboxylic acids is 1. The summed E-state index contributed by atoms with van der Waals surface area (Å²) in [6, 6.07) is 2.70. The number of benzene rings is 11. The van der Waals surface area contributed by atoms with Gasteiger partial charge in [-0.15, -0.1) is 0 Å². The molecular weight excluding hydrogens is 1980 g/mol. The van der Waals surface area contributed by atoms with E-state index in [0.717, 1.165) is 0 Å². The van der Waals surface area contributed by atoms with Gasteiger partial charge in [0, 0.05) is 62.7 Å². The lowest BCUT2D eigenvalue weighted by molar-refractivity contribution is -0.283. The number of phenols is 31. The third kappa shape index (κ3) is 15.4. The van der Waals surface area contributed by atoms with Crippen LogP contribution >= 0.6 is 0 Å². The Labute approximate surface area is 799 Å². The predicted molar refractivity (Wildman–Crippen MR) is 449 cm³/mol. The van der Waals surface area contributed by atoms with Crippen molar-refractivity contribution >= 4 is 65.7 Å². The Morgan fingerprint density at radius 2 is 0.466 bits per heavy atom. The third-order valence-electron chi connectivity index (χ3n) is 23.2. The molecule has 0 spiro atoms. The van der Waals surface area contributed by atoms with Crippen LogP contribution in [0.4, 0.5) is 0 Å². The van der Waals surface area contributed by atoms with Crippen LogP contribution in [0, 0.1) is 0 Å². The topological polar surface area (TPSA) is 964 Å². The maximum Gasteiger partial charge on any atom is 0.344 e. The predicted octanol–water partition coefficient (Wildman–Crippen LogP) is 4.60. The van der Waals surface area contributed by atoms with Gasteiger partial charge in [-0.25, -0.2) is 52.7 Å². The van der Waals surface area contributed by atoms with Gasteiger partial charge in [-0.05, 0) is 54.6 Å². The van der Waals surface area contributed by atoms with Crippen LogP contribution < -0.4 is 9.47 Å². The summed E-state index contributed by atoms with van der Waals surface area (Å²) < 4.78 is 80.4. The highest BCUT2D eigenvalue weighted by Gasteiger charge is 2.59. The Bertz CT molecular complexity index is 7740. The number of carboxylic acid groups (broad SMARTS) is 1. The molecule has 0 aliphatic carbocycles. The van der Waals surface area contributed by atoms with Crippen LogP contribution in [0.1, 0.15) is 114 Å². The van der Waals surface area contributed by atoms with Gasteiger partial charge in [0.15, 0.2) is 151 Å². The van der Waals surface area contributed by atoms with Crippen LogP contribution in [0.25, 0.3) is 44.5 Å². The molecule has 10 atom stereocenters. The minimum atomic E-state index is -3.12. The van der Waals surface area contributed by atoms with E-state index in [2.05, 4.69) is 0 Å². The molecule has 2 saturated heterocycles. The molecule has 17 rings (SSSR count). The molecule has 0 aromatic heterocycles. The molecule has 756 valence electrons. The summed E-state index contributed by atoms with van der Waals surface area (Å²) in [6.45, 7) is -3.30. The van der Waals surface area contributed by atoms with Gasteiger partial charge in [0.25, 0.3) is 0 Å². The van der Waals surface area contributed by atoms with Crippen molar-refractivity contribution in [2.75, 3.05) is 13.2 Å². The normalized spacial score (nSPS) is 19.4. The monoisotopic (exact) mass is 2040 g/mol. The molecule has 146 heavy (non-hydrogen) atoms. The summed E-state index contributed by atoms with van der Waals surface area (Å²) >= 11 is 0. The van der Waals surface area contributed by atoms with Crippen LogP contribution in [0.5, 0.6) is 201 Å². The second-order valence-electron chi connectivity index (χ2n) is 31.7. The Morgan fingerprint density at radius 3 is 0.774 bits per heavy atom. The second-order valence-corrected chi connectivity index (χ2v) is 31.7. The highest BCUT2D eigenvalue weighted by atomic mass is 16.8. The first-order chi connectivity index (χ1) is 68.7. The van der Waals surface area contributed by atoms with Crippen molar-refractivity contribution in [2.24, 2.45) is 0 Å². The van der Waals surface area contributed by atoms with Crippen molar-refractivity contribution in [3.05, 3.63) is 134 Å². The van der Waals surface area contributed by atoms with E-state index in [-0.39, 0.29) is 66.7 Å². The van der Waals surface area contributed by atoms with Crippen molar-refractivity contribution < 1.29 is 282 Å². The summed E-state index contributed by atoms with van der Waals surface area (Å²) in [5.41, 5.74) is -25.7. The lowest BCUT2D eigenvalue weighted by atomic mass is 9.91. The Kier molecular flexibility index (Phi) is 23.0. The van der Waals surface area contributed by atoms with E-state index in [9.17, 15) is 173 Å². The number of ether oxygens (including phenoxy) is 14. The van der Waals surface area contributed by atoms with Crippen molar-refractivity contribution in [1.82, 2.24) is 0 Å². The van der Waals surface area contributed by atoms with Gasteiger partial charge >= 0.3 is 65.7 Å². The van der Waals surface area contributed by atoms with Crippen LogP contribution in [0.3, 0.4) is 0 Å². The number of esters is 10. The molecule has 11 aromatic rings. The minimum Gasteiger partial charge on any atom is -0.504 e. The molecule has 57 heteroatoms. The smallest absolute Gasteiger partial charge is 0.344 e. The summed E-state index contributed by atoms with van der Waals surface area (Å²) in [5, 5.41) is 356. The van der Waals surface area contributed by atoms with Gasteiger partial charge in [-0.3, -0.25) is 0 Å². The van der Waals surface area contributed by atoms with Crippen molar-refractivity contribution in [3.63, 3.8) is 0 Å². The van der Waals surface area contributed by atoms with Gasteiger partial charge in [0.1, 0.15) is 36.5 Å². The number of phenolic OH excluding ortho intramolecular Hbond substituents is 31. The quantitative estimate of drug-likeness (QED) is 0.0533. The zero-order chi connectivity index (χ0) is 106. The highest BCUT2D eigenvalue weighted by molar-refractivity contribution is 6.14. The van der Waals surface area contributed by atoms with Crippen molar-refractivity contribution in [2.45, 2.75) is 61.4 Å². The molecular formula is C89H58O57. The second kappa shape index (κ2) is 34.8. The SMILES string of the molecule is O=C(OC1OC2COC(=O)c3cc(Oc4c(C(=O)O)cc(O)c(O)c4O)c(O)c(O)c3-c3c(cc(O)c(O)c3O)C(=O)OC2C2OC(=O)c3cc(O)c(O)c(O)c3-c3c(cc(O)c(O)c3O)C(=O)OC12)c1cc(O)c(O)c(Oc2c(C(=O)OC3OC4COC(=O)c5cc(O)c(O)c(O)c5-c5c(cc(O)c(O)c5O)C(=O)OC4C4OC(=O)c5cc(O)c(O)c(O)c5-c5c(cc(O)c(O)c5O)C(=O)OC34)cc(O)c(O)c2O)c1. The van der Waals surface area contributed by atoms with Gasteiger partial charge in [0.2, 0.25) is 99.5 Å². The molecule has 6 aliphatic rings. The molecule has 6 heterocycles. The molecule has 2 fully saturated rings. The number of aromatic carboxylic acids is 1. The molecule has 0 saturated carbocycles. The number of carbonyl (C=O) groups is 11. The molecule has 32 N–H and O–H groups in total. The number of hydrogen-bond acceptors (Lipinski definition) is 56. The highest BCUT2D eigenvalue weighted by Crippen LogP contribution is 2.62. The maximum absolute atomic E-state index is 15.5. The molecule has 6 aliphatic heterocycles. The standard InChI is InChI=1S/C89H58O57/c90-26-1-15(78(123)145-88-75-73(141-83(128)19-6-30(94)51(103)61(113)42(19)44-21(85(130)143-75)8-32(96)53(105)63(44)115)71-38(137-88)14-134-80(125)23-12-37(136-69-24(77(121)122)10-34(98)56(108)67(69)119)58(110)66(118)47(23)46-18(82(127)139-71)5-29(93)55(107)65(46)117)2-36(48(26)100)135-70-25(11-35(99)57(109)68(70)120)87(132)146-89-76-74(142-84(129)20-7-31(95)52(104)62(114)43(20)45-22(86(131)144-76)9-33(97)54(106)64(45)116)72-39(138-89)13-133-79(124)16-3-27(91)49(101)59(111)40(16)41-17(81(126)140-72)4-28(92)50(102)60(41)112/h1-12,38-39,71-76,88-120H,13-14H2,(H,121,122). The summed E-state index contributed by atoms with van der Waals surface area (Å²) in [4.78, 5) is 164. The fourth-order valence-corrected chi connectivity index (χ4v) is 16.3. The zero-order valence-electron chi connectivity index (χ0n) is 71.1. The lowest BCUT2D eigenvalue weighted by Crippen LogP contribution is -2.63. The van der Waals surface area contributed by atoms with Gasteiger partial charge in [-0.1, -0.05) is 0 Å². The average molecular weight is 2040 g/mol. The number of carbonyl (C=O) groups excluding carboxylic acids is 10. The van der Waals surface area contributed by atoms with E-state index < -0.39 is 447 Å². The Balaban J connectivity index is 0.777. The third-order valence-corrected chi connectivity index (χ3v) is 23.2. The van der Waals surface area contributed by atoms with E-state index in [1.807, 2.05) is 0 Å². The number of aromatic hydroxyl groups is 31. The van der Waals surface area contributed by atoms with Crippen molar-refractivity contribution in [3.8, 4) is 246 Å². The largest absolute Gasteiger partial charge is 0.504 e. The van der Waals surface area contributed by atoms with Gasteiger partial charge in [0.05, 0.1) is 50.1 Å². The number of hydrogen-bond donors (Lipinski definition) is 32. The van der Waals surface area contributed by atoms with Gasteiger partial charge in [-0.2, -0.15) is 0 Å². The van der Waals surface area contributed by atoms with Crippen LogP contribution in [0.2, 0.25) is 0 Å². The van der Waals surface area contributed by atoms with E-state index >= 15 is 43.2 Å². The van der Waals surface area contributed by atoms with Crippen molar-refractivity contribution in [1.29, 1.82) is 0 Å². The minimum absolute atomic E-state index is 0.0824. The maximum atomic E-state index is 15.5. The summed E-state index contributed by atoms with van der Waals surface area (Å²) in [5.74, 6) is -78.8. The zero-order valence-corrected chi connectivity index (χ0v) is 71.1. The molecule has 57 nitrogen and oxygen atoms in total. The number of cyclic esters (lactones) is 2. The molecule has 0 radical (unpaired) electrons. The van der Waals surface area contributed by atoms with Gasteiger partial charge < -0.3 is 230 Å². The van der Waals surface area contributed by atoms with Crippen LogP contribution in [0.15, 0.2) is 72.8 Å². The van der Waals surface area contributed by atoms with Crippen LogP contribution in [-0.4, -0.2) is 304 Å². The van der Waals surface area contributed by atoms with E-state index in [4.69, 9.17) is 66.3 Å². The average Bonchev–Trinajstić information content (AvgIpc) is 1.26. The number of rotatable bonds is 9. The fraction of sp³-hybridized carbons (Fsp3) is 0.135. The fourth-order valence-electron chi connectivity index (χ4n) is 16.3. The number of fused-ring (bicyclic) bond motifs is 18. The molecule has 0 amide bonds. The van der Waals surface area contributed by atoms with E-state index in [1.165, 1.54) is 0 Å². The first kappa shape index (κ1) is 96.6. The molecule has 10 unspecified atom stereocenters. The Hall–Kier alpha value is -21.1. The van der Waals surface area contributed by atoms with Crippen LogP contribution in [-0.2, 0) is 56.8 Å². The molecule has 0 bridgehead atoms. The van der Waals surface area contributed by atoms with E-state index in [1.54, 1.807) is 0 Å².